The van der Waals surface area contributed by atoms with Crippen molar-refractivity contribution in [1.82, 2.24) is 9.47 Å². The van der Waals surface area contributed by atoms with Gasteiger partial charge in [-0.2, -0.15) is 0 Å². The van der Waals surface area contributed by atoms with Gasteiger partial charge in [0.1, 0.15) is 4.88 Å². The number of nitrogens with zero attached hydrogens (tertiary/aromatic N) is 3. The molecule has 1 aliphatic rings. The summed E-state index contributed by atoms with van der Waals surface area (Å²) in [5.41, 5.74) is 4.19. The summed E-state index contributed by atoms with van der Waals surface area (Å²) in [6.07, 6.45) is 3.90. The quantitative estimate of drug-likeness (QED) is 0.747. The largest absolute Gasteiger partial charge is 0.369 e. The zero-order valence-electron chi connectivity index (χ0n) is 15.7. The van der Waals surface area contributed by atoms with Crippen LogP contribution in [0.5, 0.6) is 0 Å². The molecule has 2 aromatic heterocycles. The van der Waals surface area contributed by atoms with Crippen LogP contribution in [0.2, 0.25) is 0 Å². The molecule has 0 unspecified atom stereocenters. The SMILES string of the molecule is Cc1cc(NC(=O)c2sccc2-n2cccc2)ccc1N1CCN(C)CC1. The fourth-order valence-corrected chi connectivity index (χ4v) is 4.28. The van der Waals surface area contributed by atoms with Crippen molar-refractivity contribution in [3.05, 3.63) is 64.6 Å². The number of benzene rings is 1. The van der Waals surface area contributed by atoms with Gasteiger partial charge in [-0.05, 0) is 61.3 Å². The number of piperazine rings is 1. The molecule has 5 nitrogen and oxygen atoms in total. The summed E-state index contributed by atoms with van der Waals surface area (Å²) >= 11 is 1.46. The Labute approximate surface area is 163 Å². The molecule has 0 spiro atoms. The van der Waals surface area contributed by atoms with Crippen molar-refractivity contribution in [3.8, 4) is 5.69 Å². The molecule has 0 atom stereocenters. The molecule has 1 fully saturated rings. The number of carbonyl (C=O) groups is 1. The molecule has 0 aliphatic carbocycles. The van der Waals surface area contributed by atoms with Crippen LogP contribution in [0.25, 0.3) is 5.69 Å². The van der Waals surface area contributed by atoms with E-state index in [9.17, 15) is 4.79 Å². The van der Waals surface area contributed by atoms with Crippen LogP contribution in [0, 0.1) is 6.92 Å². The number of likely N-dealkylation sites (N-methyl/N-ethyl adjacent to an activating group) is 1. The summed E-state index contributed by atoms with van der Waals surface area (Å²) in [5.74, 6) is -0.0690. The van der Waals surface area contributed by atoms with Gasteiger partial charge in [-0.25, -0.2) is 0 Å². The van der Waals surface area contributed by atoms with Gasteiger partial charge in [0, 0.05) is 49.9 Å². The van der Waals surface area contributed by atoms with Crippen LogP contribution in [-0.4, -0.2) is 48.6 Å². The van der Waals surface area contributed by atoms with Crippen molar-refractivity contribution in [2.75, 3.05) is 43.4 Å². The topological polar surface area (TPSA) is 40.5 Å². The molecule has 0 saturated carbocycles. The van der Waals surface area contributed by atoms with Crippen LogP contribution in [0.1, 0.15) is 15.2 Å². The molecule has 0 bridgehead atoms. The Hall–Kier alpha value is -2.57. The van der Waals surface area contributed by atoms with Crippen LogP contribution in [0.3, 0.4) is 0 Å². The number of hydrogen-bond acceptors (Lipinski definition) is 4. The summed E-state index contributed by atoms with van der Waals surface area (Å²) in [6, 6.07) is 12.1. The fraction of sp³-hybridized carbons (Fsp3) is 0.286. The van der Waals surface area contributed by atoms with E-state index in [2.05, 4.69) is 41.2 Å². The summed E-state index contributed by atoms with van der Waals surface area (Å²) in [4.78, 5) is 18.3. The predicted octanol–water partition coefficient (Wildman–Crippen LogP) is 3.85. The standard InChI is InChI=1S/C21H24N4OS/c1-16-15-17(5-6-18(16)25-12-10-23(2)11-13-25)22-21(26)20-19(7-14-27-20)24-8-3-4-9-24/h3-9,14-15H,10-13H2,1-2H3,(H,22,26). The Morgan fingerprint density at radius 2 is 1.78 bits per heavy atom. The second-order valence-electron chi connectivity index (χ2n) is 6.97. The lowest BCUT2D eigenvalue weighted by Gasteiger charge is -2.35. The van der Waals surface area contributed by atoms with Gasteiger partial charge in [-0.3, -0.25) is 4.79 Å². The van der Waals surface area contributed by atoms with Gasteiger partial charge in [0.05, 0.1) is 5.69 Å². The number of thiophene rings is 1. The lowest BCUT2D eigenvalue weighted by Crippen LogP contribution is -2.44. The predicted molar refractivity (Wildman–Crippen MR) is 112 cm³/mol. The van der Waals surface area contributed by atoms with Gasteiger partial charge in [-0.15, -0.1) is 11.3 Å². The summed E-state index contributed by atoms with van der Waals surface area (Å²) in [7, 11) is 2.16. The summed E-state index contributed by atoms with van der Waals surface area (Å²) in [6.45, 7) is 6.35. The number of aryl methyl sites for hydroxylation is 1. The van der Waals surface area contributed by atoms with E-state index in [0.29, 0.717) is 4.88 Å². The van der Waals surface area contributed by atoms with Gasteiger partial charge in [0.2, 0.25) is 0 Å². The van der Waals surface area contributed by atoms with Crippen molar-refractivity contribution in [3.63, 3.8) is 0 Å². The Bertz CT molecular complexity index is 924. The molecule has 4 rings (SSSR count). The first-order valence-electron chi connectivity index (χ1n) is 9.18. The van der Waals surface area contributed by atoms with E-state index in [4.69, 9.17) is 0 Å². The number of carbonyl (C=O) groups excluding carboxylic acids is 1. The summed E-state index contributed by atoms with van der Waals surface area (Å²) in [5, 5.41) is 5.01. The van der Waals surface area contributed by atoms with Crippen molar-refractivity contribution in [2.45, 2.75) is 6.92 Å². The van der Waals surface area contributed by atoms with Crippen LogP contribution >= 0.6 is 11.3 Å². The number of amides is 1. The first kappa shape index (κ1) is 17.8. The molecule has 6 heteroatoms. The van der Waals surface area contributed by atoms with Crippen molar-refractivity contribution >= 4 is 28.6 Å². The minimum atomic E-state index is -0.0690. The second-order valence-corrected chi connectivity index (χ2v) is 7.89. The molecule has 140 valence electrons. The van der Waals surface area contributed by atoms with E-state index in [-0.39, 0.29) is 5.91 Å². The van der Waals surface area contributed by atoms with Crippen LogP contribution in [0.15, 0.2) is 54.2 Å². The van der Waals surface area contributed by atoms with Gasteiger partial charge < -0.3 is 19.7 Å². The van der Waals surface area contributed by atoms with E-state index >= 15 is 0 Å². The molecule has 1 saturated heterocycles. The average Bonchev–Trinajstić information content (AvgIpc) is 3.34. The first-order chi connectivity index (χ1) is 13.1. The minimum absolute atomic E-state index is 0.0690. The zero-order valence-corrected chi connectivity index (χ0v) is 16.5. The number of hydrogen-bond donors (Lipinski definition) is 1. The molecule has 3 heterocycles. The highest BCUT2D eigenvalue weighted by Crippen LogP contribution is 2.27. The highest BCUT2D eigenvalue weighted by atomic mass is 32.1. The zero-order chi connectivity index (χ0) is 18.8. The molecule has 27 heavy (non-hydrogen) atoms. The van der Waals surface area contributed by atoms with Crippen LogP contribution in [-0.2, 0) is 0 Å². The number of rotatable bonds is 4. The van der Waals surface area contributed by atoms with Crippen molar-refractivity contribution < 1.29 is 4.79 Å². The lowest BCUT2D eigenvalue weighted by atomic mass is 10.1. The minimum Gasteiger partial charge on any atom is -0.369 e. The molecule has 0 radical (unpaired) electrons. The maximum Gasteiger partial charge on any atom is 0.267 e. The number of aromatic nitrogens is 1. The van der Waals surface area contributed by atoms with E-state index < -0.39 is 0 Å². The van der Waals surface area contributed by atoms with Gasteiger partial charge in [0.25, 0.3) is 5.91 Å². The van der Waals surface area contributed by atoms with Crippen LogP contribution < -0.4 is 10.2 Å². The highest BCUT2D eigenvalue weighted by Gasteiger charge is 2.18. The van der Waals surface area contributed by atoms with E-state index in [1.165, 1.54) is 22.6 Å². The van der Waals surface area contributed by atoms with E-state index in [1.807, 2.05) is 46.6 Å². The molecule has 1 amide bonds. The Kier molecular flexibility index (Phi) is 5.01. The lowest BCUT2D eigenvalue weighted by molar-refractivity contribution is 0.103. The third-order valence-corrected chi connectivity index (χ3v) is 5.93. The van der Waals surface area contributed by atoms with Crippen molar-refractivity contribution in [2.24, 2.45) is 0 Å². The molecule has 1 aliphatic heterocycles. The summed E-state index contributed by atoms with van der Waals surface area (Å²) < 4.78 is 1.97. The Balaban J connectivity index is 1.50. The maximum atomic E-state index is 12.8. The third kappa shape index (κ3) is 3.77. The third-order valence-electron chi connectivity index (χ3n) is 5.03. The first-order valence-corrected chi connectivity index (χ1v) is 10.1. The van der Waals surface area contributed by atoms with Gasteiger partial charge in [-0.1, -0.05) is 0 Å². The molecule has 1 aromatic carbocycles. The smallest absolute Gasteiger partial charge is 0.267 e. The Morgan fingerprint density at radius 1 is 1.04 bits per heavy atom. The maximum absolute atomic E-state index is 12.8. The average molecular weight is 381 g/mol. The van der Waals surface area contributed by atoms with E-state index in [0.717, 1.165) is 37.6 Å². The molecular formula is C21H24N4OS. The van der Waals surface area contributed by atoms with Gasteiger partial charge in [0.15, 0.2) is 0 Å². The van der Waals surface area contributed by atoms with Crippen molar-refractivity contribution in [1.29, 1.82) is 0 Å². The number of anilines is 2. The highest BCUT2D eigenvalue weighted by molar-refractivity contribution is 7.12. The molecule has 1 N–H and O–H groups in total. The monoisotopic (exact) mass is 380 g/mol. The molecular weight excluding hydrogens is 356 g/mol. The second kappa shape index (κ2) is 7.58. The van der Waals surface area contributed by atoms with E-state index in [1.54, 1.807) is 0 Å². The van der Waals surface area contributed by atoms with Crippen LogP contribution in [0.4, 0.5) is 11.4 Å². The Morgan fingerprint density at radius 3 is 2.48 bits per heavy atom. The number of nitrogens with one attached hydrogen (secondary N) is 1. The normalized spacial score (nSPS) is 15.1. The molecule has 3 aromatic rings. The fourth-order valence-electron chi connectivity index (χ4n) is 3.49. The van der Waals surface area contributed by atoms with Gasteiger partial charge >= 0.3 is 0 Å².